The van der Waals surface area contributed by atoms with Crippen molar-refractivity contribution in [2.45, 2.75) is 25.7 Å². The first-order valence-electron chi connectivity index (χ1n) is 16.2. The van der Waals surface area contributed by atoms with E-state index in [9.17, 15) is 29.1 Å². The lowest BCUT2D eigenvalue weighted by Gasteiger charge is -2.49. The van der Waals surface area contributed by atoms with Crippen LogP contribution in [-0.4, -0.2) is 34.5 Å². The van der Waals surface area contributed by atoms with E-state index in [1.165, 1.54) is 9.80 Å². The van der Waals surface area contributed by atoms with Crippen LogP contribution in [-0.2, 0) is 19.2 Å². The molecule has 8 nitrogen and oxygen atoms in total. The first kappa shape index (κ1) is 29.8. The lowest BCUT2D eigenvalue weighted by molar-refractivity contribution is -0.131. The summed E-state index contributed by atoms with van der Waals surface area (Å²) < 4.78 is 0. The molecule has 4 aromatic carbocycles. The van der Waals surface area contributed by atoms with Crippen LogP contribution in [0.4, 0.5) is 11.4 Å². The van der Waals surface area contributed by atoms with Crippen LogP contribution in [0.2, 0.25) is 0 Å². The summed E-state index contributed by atoms with van der Waals surface area (Å²) in [6.45, 7) is 1.80. The molecule has 0 bridgehead atoms. The van der Waals surface area contributed by atoms with E-state index in [0.717, 1.165) is 5.57 Å². The SMILES string of the molecule is CC12C(=O)N(c3ccccc3)C(=O)C1CC1C(=CCC3C(=O)N(c4ccc(C(=O)c5ccccc5)cc4)C(=O)C31)C2c1ccccc1O. The van der Waals surface area contributed by atoms with Gasteiger partial charge in [-0.05, 0) is 68.1 Å². The van der Waals surface area contributed by atoms with E-state index < -0.39 is 35.0 Å². The molecule has 6 unspecified atom stereocenters. The number of aromatic hydroxyl groups is 1. The molecule has 3 fully saturated rings. The molecule has 2 aliphatic carbocycles. The number of carbonyl (C=O) groups excluding carboxylic acids is 5. The second kappa shape index (κ2) is 11.0. The number of hydrogen-bond acceptors (Lipinski definition) is 6. The van der Waals surface area contributed by atoms with Crippen molar-refractivity contribution < 1.29 is 29.1 Å². The Morgan fingerprint density at radius 2 is 1.29 bits per heavy atom. The van der Waals surface area contributed by atoms with Gasteiger partial charge in [0.25, 0.3) is 0 Å². The number of phenolic OH excluding ortho intramolecular Hbond substituents is 1. The highest BCUT2D eigenvalue weighted by molar-refractivity contribution is 6.25. The van der Waals surface area contributed by atoms with Gasteiger partial charge in [0.2, 0.25) is 23.6 Å². The van der Waals surface area contributed by atoms with Crippen molar-refractivity contribution in [3.63, 3.8) is 0 Å². The Bertz CT molecular complexity index is 2040. The Morgan fingerprint density at radius 1 is 0.688 bits per heavy atom. The molecule has 2 heterocycles. The zero-order valence-corrected chi connectivity index (χ0v) is 26.2. The highest BCUT2D eigenvalue weighted by Crippen LogP contribution is 2.64. The molecule has 2 aliphatic heterocycles. The maximum Gasteiger partial charge on any atom is 0.241 e. The highest BCUT2D eigenvalue weighted by atomic mass is 16.3. The monoisotopic (exact) mass is 636 g/mol. The van der Waals surface area contributed by atoms with Crippen LogP contribution < -0.4 is 9.80 Å². The van der Waals surface area contributed by atoms with Crippen molar-refractivity contribution >= 4 is 40.8 Å². The third-order valence-electron chi connectivity index (χ3n) is 11.0. The molecule has 8 rings (SSSR count). The number of allylic oxidation sites excluding steroid dienone is 2. The summed E-state index contributed by atoms with van der Waals surface area (Å²) in [4.78, 5) is 72.4. The number of amides is 4. The van der Waals surface area contributed by atoms with Crippen LogP contribution in [0.1, 0.15) is 47.2 Å². The van der Waals surface area contributed by atoms with E-state index in [-0.39, 0.29) is 48.0 Å². The van der Waals surface area contributed by atoms with E-state index in [0.29, 0.717) is 28.1 Å². The van der Waals surface area contributed by atoms with Crippen molar-refractivity contribution in [3.8, 4) is 5.75 Å². The lowest BCUT2D eigenvalue weighted by Crippen LogP contribution is -2.48. The summed E-state index contributed by atoms with van der Waals surface area (Å²) in [5.41, 5.74) is 1.93. The second-order valence-electron chi connectivity index (χ2n) is 13.3. The zero-order valence-electron chi connectivity index (χ0n) is 26.2. The molecule has 0 aromatic heterocycles. The Morgan fingerprint density at radius 3 is 1.98 bits per heavy atom. The second-order valence-corrected chi connectivity index (χ2v) is 13.3. The normalized spacial score (nSPS) is 27.8. The molecular formula is C40H32N2O6. The number of para-hydroxylation sites is 2. The molecule has 6 atom stereocenters. The number of hydrogen-bond donors (Lipinski definition) is 1. The Balaban J connectivity index is 1.18. The van der Waals surface area contributed by atoms with E-state index >= 15 is 0 Å². The molecule has 238 valence electrons. The number of anilines is 2. The third kappa shape index (κ3) is 4.18. The van der Waals surface area contributed by atoms with Gasteiger partial charge < -0.3 is 5.11 Å². The number of phenols is 1. The van der Waals surface area contributed by atoms with Crippen LogP contribution >= 0.6 is 0 Å². The van der Waals surface area contributed by atoms with Gasteiger partial charge in [0.15, 0.2) is 5.78 Å². The van der Waals surface area contributed by atoms with Gasteiger partial charge >= 0.3 is 0 Å². The predicted octanol–water partition coefficient (Wildman–Crippen LogP) is 6.06. The summed E-state index contributed by atoms with van der Waals surface area (Å²) in [7, 11) is 0. The van der Waals surface area contributed by atoms with E-state index in [1.54, 1.807) is 104 Å². The van der Waals surface area contributed by atoms with Crippen LogP contribution in [0.15, 0.2) is 121 Å². The van der Waals surface area contributed by atoms with Crippen molar-refractivity contribution in [3.05, 3.63) is 138 Å². The molecule has 2 saturated heterocycles. The van der Waals surface area contributed by atoms with Gasteiger partial charge in [-0.1, -0.05) is 78.4 Å². The molecule has 0 spiro atoms. The summed E-state index contributed by atoms with van der Waals surface area (Å²) in [6, 6.07) is 31.0. The number of carbonyl (C=O) groups is 5. The van der Waals surface area contributed by atoms with Crippen molar-refractivity contribution in [2.24, 2.45) is 29.1 Å². The molecule has 4 aliphatic rings. The molecule has 1 saturated carbocycles. The number of fused-ring (bicyclic) bond motifs is 4. The molecular weight excluding hydrogens is 604 g/mol. The maximum absolute atomic E-state index is 14.4. The standard InChI is InChI=1S/C40H32N2O6/c1-40-31(37(46)42(39(40)48)25-12-6-3-7-13-25)22-30-27(34(40)28-14-8-9-15-32(28)43)20-21-29-33(30)38(47)41(36(29)45)26-18-16-24(17-19-26)35(44)23-10-4-2-5-11-23/h2-20,29-31,33-34,43H,21-22H2,1H3. The largest absolute Gasteiger partial charge is 0.508 e. The van der Waals surface area contributed by atoms with Crippen molar-refractivity contribution in [1.29, 1.82) is 0 Å². The van der Waals surface area contributed by atoms with Crippen LogP contribution in [0.3, 0.4) is 0 Å². The Kier molecular flexibility index (Phi) is 6.80. The maximum atomic E-state index is 14.4. The number of ketones is 1. The first-order valence-corrected chi connectivity index (χ1v) is 16.2. The fraction of sp³-hybridized carbons (Fsp3) is 0.225. The van der Waals surface area contributed by atoms with Crippen molar-refractivity contribution in [1.82, 2.24) is 0 Å². The van der Waals surface area contributed by atoms with Gasteiger partial charge in [-0.15, -0.1) is 0 Å². The molecule has 1 N–H and O–H groups in total. The van der Waals surface area contributed by atoms with E-state index in [4.69, 9.17) is 0 Å². The molecule has 4 aromatic rings. The molecule has 48 heavy (non-hydrogen) atoms. The van der Waals surface area contributed by atoms with E-state index in [2.05, 4.69) is 0 Å². The summed E-state index contributed by atoms with van der Waals surface area (Å²) in [5, 5.41) is 11.1. The minimum absolute atomic E-state index is 0.00477. The van der Waals surface area contributed by atoms with Crippen LogP contribution in [0.5, 0.6) is 5.75 Å². The molecule has 8 heteroatoms. The third-order valence-corrected chi connectivity index (χ3v) is 11.0. The van der Waals surface area contributed by atoms with Gasteiger partial charge in [0.05, 0.1) is 34.5 Å². The summed E-state index contributed by atoms with van der Waals surface area (Å²) in [5.74, 6) is -4.88. The minimum Gasteiger partial charge on any atom is -0.508 e. The van der Waals surface area contributed by atoms with Crippen LogP contribution in [0, 0.1) is 29.1 Å². The van der Waals surface area contributed by atoms with Crippen molar-refractivity contribution in [2.75, 3.05) is 9.80 Å². The number of nitrogens with zero attached hydrogens (tertiary/aromatic N) is 2. The smallest absolute Gasteiger partial charge is 0.241 e. The van der Waals surface area contributed by atoms with E-state index in [1.807, 2.05) is 18.2 Å². The topological polar surface area (TPSA) is 112 Å². The average Bonchev–Trinajstić information content (AvgIpc) is 3.48. The molecule has 4 amide bonds. The lowest BCUT2D eigenvalue weighted by atomic mass is 9.51. The summed E-state index contributed by atoms with van der Waals surface area (Å²) in [6.07, 6.45) is 2.47. The van der Waals surface area contributed by atoms with Gasteiger partial charge in [-0.2, -0.15) is 0 Å². The highest BCUT2D eigenvalue weighted by Gasteiger charge is 2.68. The minimum atomic E-state index is -1.23. The quantitative estimate of drug-likeness (QED) is 0.162. The van der Waals surface area contributed by atoms with Gasteiger partial charge in [-0.25, -0.2) is 4.90 Å². The fourth-order valence-electron chi connectivity index (χ4n) is 8.69. The number of imide groups is 2. The number of benzene rings is 4. The fourth-order valence-corrected chi connectivity index (χ4v) is 8.69. The van der Waals surface area contributed by atoms with Gasteiger partial charge in [0.1, 0.15) is 5.75 Å². The Labute approximate surface area is 277 Å². The van der Waals surface area contributed by atoms with Gasteiger partial charge in [0, 0.05) is 22.6 Å². The number of rotatable bonds is 5. The molecule has 0 radical (unpaired) electrons. The van der Waals surface area contributed by atoms with Crippen LogP contribution in [0.25, 0.3) is 0 Å². The average molecular weight is 637 g/mol. The zero-order chi connectivity index (χ0) is 33.3. The summed E-state index contributed by atoms with van der Waals surface area (Å²) >= 11 is 0. The Hall–Kier alpha value is -5.63. The van der Waals surface area contributed by atoms with Gasteiger partial charge in [-0.3, -0.25) is 28.9 Å². The first-order chi connectivity index (χ1) is 23.2. The predicted molar refractivity (Wildman–Crippen MR) is 178 cm³/mol.